The Hall–Kier alpha value is -2.33. The molecule has 0 aliphatic carbocycles. The van der Waals surface area contributed by atoms with Crippen LogP contribution in [0.3, 0.4) is 0 Å². The summed E-state index contributed by atoms with van der Waals surface area (Å²) in [4.78, 5) is 26.6. The van der Waals surface area contributed by atoms with Crippen LogP contribution in [0.1, 0.15) is 22.8 Å². The van der Waals surface area contributed by atoms with Crippen molar-refractivity contribution in [3.05, 3.63) is 64.7 Å². The Balaban J connectivity index is 1.70. The van der Waals surface area contributed by atoms with Gasteiger partial charge in [-0.25, -0.2) is 0 Å². The van der Waals surface area contributed by atoms with Crippen LogP contribution in [-0.4, -0.2) is 24.4 Å². The molecule has 1 aliphatic rings. The van der Waals surface area contributed by atoms with Gasteiger partial charge in [0, 0.05) is 22.8 Å². The second kappa shape index (κ2) is 6.42. The molecule has 0 bridgehead atoms. The highest BCUT2D eigenvalue weighted by Gasteiger charge is 2.28. The van der Waals surface area contributed by atoms with E-state index in [4.69, 9.17) is 11.6 Å². The first-order chi connectivity index (χ1) is 11.1. The third-order valence-corrected chi connectivity index (χ3v) is 4.19. The molecule has 5 heteroatoms. The van der Waals surface area contributed by atoms with Crippen molar-refractivity contribution in [1.82, 2.24) is 5.32 Å². The molecule has 2 amide bonds. The molecule has 1 aliphatic heterocycles. The molecule has 1 heterocycles. The molecule has 0 saturated heterocycles. The topological polar surface area (TPSA) is 49.4 Å². The zero-order chi connectivity index (χ0) is 16.4. The summed E-state index contributed by atoms with van der Waals surface area (Å²) in [5.41, 5.74) is 2.54. The van der Waals surface area contributed by atoms with Gasteiger partial charge in [-0.05, 0) is 43.2 Å². The van der Waals surface area contributed by atoms with Crippen LogP contribution in [0.15, 0.2) is 48.5 Å². The second-order valence-electron chi connectivity index (χ2n) is 5.57. The number of anilines is 1. The standard InChI is InChI=1S/C18H17ClN2O2/c1-12(20-17(22)14-6-4-7-15(19)11-14)18(23)21-10-9-13-5-2-3-8-16(13)21/h2-8,11-12H,9-10H2,1H3,(H,20,22)/t12-/m0/s1. The minimum Gasteiger partial charge on any atom is -0.341 e. The smallest absolute Gasteiger partial charge is 0.251 e. The molecule has 0 saturated carbocycles. The summed E-state index contributed by atoms with van der Waals surface area (Å²) in [7, 11) is 0. The van der Waals surface area contributed by atoms with E-state index in [9.17, 15) is 9.59 Å². The predicted octanol–water partition coefficient (Wildman–Crippen LogP) is 3.05. The fourth-order valence-electron chi connectivity index (χ4n) is 2.77. The van der Waals surface area contributed by atoms with Crippen LogP contribution >= 0.6 is 11.6 Å². The fourth-order valence-corrected chi connectivity index (χ4v) is 2.96. The number of hydrogen-bond acceptors (Lipinski definition) is 2. The zero-order valence-electron chi connectivity index (χ0n) is 12.8. The number of para-hydroxylation sites is 1. The van der Waals surface area contributed by atoms with Crippen LogP contribution in [0, 0.1) is 0 Å². The van der Waals surface area contributed by atoms with Crippen molar-refractivity contribution in [1.29, 1.82) is 0 Å². The molecule has 1 N–H and O–H groups in total. The maximum Gasteiger partial charge on any atom is 0.251 e. The van der Waals surface area contributed by atoms with Crippen LogP contribution in [0.4, 0.5) is 5.69 Å². The highest BCUT2D eigenvalue weighted by atomic mass is 35.5. The molecule has 4 nitrogen and oxygen atoms in total. The van der Waals surface area contributed by atoms with Crippen molar-refractivity contribution in [2.75, 3.05) is 11.4 Å². The molecule has 0 radical (unpaired) electrons. The minimum absolute atomic E-state index is 0.106. The SMILES string of the molecule is C[C@H](NC(=O)c1cccc(Cl)c1)C(=O)N1CCc2ccccc21. The van der Waals surface area contributed by atoms with Gasteiger partial charge in [0.2, 0.25) is 5.91 Å². The van der Waals surface area contributed by atoms with E-state index in [1.165, 1.54) is 0 Å². The first-order valence-corrected chi connectivity index (χ1v) is 7.90. The Labute approximate surface area is 140 Å². The van der Waals surface area contributed by atoms with Crippen molar-refractivity contribution in [3.63, 3.8) is 0 Å². The second-order valence-corrected chi connectivity index (χ2v) is 6.01. The fraction of sp³-hybridized carbons (Fsp3) is 0.222. The molecule has 118 valence electrons. The highest BCUT2D eigenvalue weighted by Crippen LogP contribution is 2.27. The summed E-state index contributed by atoms with van der Waals surface area (Å²) in [5, 5.41) is 3.23. The van der Waals surface area contributed by atoms with Gasteiger partial charge >= 0.3 is 0 Å². The molecular formula is C18H17ClN2O2. The van der Waals surface area contributed by atoms with Crippen LogP contribution in [-0.2, 0) is 11.2 Å². The van der Waals surface area contributed by atoms with Crippen molar-refractivity contribution >= 4 is 29.1 Å². The van der Waals surface area contributed by atoms with Gasteiger partial charge in [-0.3, -0.25) is 9.59 Å². The van der Waals surface area contributed by atoms with Gasteiger partial charge in [-0.15, -0.1) is 0 Å². The van der Waals surface area contributed by atoms with Crippen molar-refractivity contribution in [2.24, 2.45) is 0 Å². The molecule has 2 aromatic carbocycles. The summed E-state index contributed by atoms with van der Waals surface area (Å²) >= 11 is 5.89. The van der Waals surface area contributed by atoms with E-state index in [0.29, 0.717) is 17.1 Å². The van der Waals surface area contributed by atoms with Crippen LogP contribution in [0.2, 0.25) is 5.02 Å². The van der Waals surface area contributed by atoms with Gasteiger partial charge in [-0.1, -0.05) is 35.9 Å². The van der Waals surface area contributed by atoms with Gasteiger partial charge < -0.3 is 10.2 Å². The number of amides is 2. The monoisotopic (exact) mass is 328 g/mol. The number of benzene rings is 2. The molecule has 1 atom stereocenters. The summed E-state index contributed by atoms with van der Waals surface area (Å²) in [6.07, 6.45) is 0.844. The van der Waals surface area contributed by atoms with Gasteiger partial charge in [0.15, 0.2) is 0 Å². The number of carbonyl (C=O) groups excluding carboxylic acids is 2. The number of carbonyl (C=O) groups is 2. The maximum atomic E-state index is 12.6. The van der Waals surface area contributed by atoms with Crippen LogP contribution in [0.25, 0.3) is 0 Å². The molecule has 2 aromatic rings. The highest BCUT2D eigenvalue weighted by molar-refractivity contribution is 6.31. The summed E-state index contributed by atoms with van der Waals surface area (Å²) in [6.45, 7) is 2.35. The largest absolute Gasteiger partial charge is 0.341 e. The Morgan fingerprint density at radius 3 is 2.74 bits per heavy atom. The molecule has 3 rings (SSSR count). The van der Waals surface area contributed by atoms with E-state index in [0.717, 1.165) is 17.7 Å². The van der Waals surface area contributed by atoms with E-state index in [1.807, 2.05) is 24.3 Å². The van der Waals surface area contributed by atoms with E-state index < -0.39 is 6.04 Å². The lowest BCUT2D eigenvalue weighted by Crippen LogP contribution is -2.46. The predicted molar refractivity (Wildman–Crippen MR) is 90.9 cm³/mol. The van der Waals surface area contributed by atoms with Gasteiger partial charge in [0.05, 0.1) is 0 Å². The van der Waals surface area contributed by atoms with Crippen molar-refractivity contribution in [2.45, 2.75) is 19.4 Å². The molecule has 0 spiro atoms. The van der Waals surface area contributed by atoms with Crippen molar-refractivity contribution in [3.8, 4) is 0 Å². The maximum absolute atomic E-state index is 12.6. The molecular weight excluding hydrogens is 312 g/mol. The van der Waals surface area contributed by atoms with E-state index >= 15 is 0 Å². The van der Waals surface area contributed by atoms with E-state index in [-0.39, 0.29) is 11.8 Å². The zero-order valence-corrected chi connectivity index (χ0v) is 13.5. The number of fused-ring (bicyclic) bond motifs is 1. The van der Waals surface area contributed by atoms with Gasteiger partial charge in [-0.2, -0.15) is 0 Å². The normalized spacial score (nSPS) is 14.3. The number of nitrogens with one attached hydrogen (secondary N) is 1. The van der Waals surface area contributed by atoms with Gasteiger partial charge in [0.25, 0.3) is 5.91 Å². The average molecular weight is 329 g/mol. The Bertz CT molecular complexity index is 760. The lowest BCUT2D eigenvalue weighted by Gasteiger charge is -2.22. The van der Waals surface area contributed by atoms with E-state index in [2.05, 4.69) is 5.32 Å². The molecule has 0 unspecified atom stereocenters. The Kier molecular flexibility index (Phi) is 4.35. The number of rotatable bonds is 3. The van der Waals surface area contributed by atoms with Gasteiger partial charge in [0.1, 0.15) is 6.04 Å². The number of halogens is 1. The summed E-state index contributed by atoms with van der Waals surface area (Å²) in [6, 6.07) is 13.9. The summed E-state index contributed by atoms with van der Waals surface area (Å²) < 4.78 is 0. The molecule has 0 fully saturated rings. The summed E-state index contributed by atoms with van der Waals surface area (Å²) in [5.74, 6) is -0.411. The van der Waals surface area contributed by atoms with Crippen molar-refractivity contribution < 1.29 is 9.59 Å². The molecule has 23 heavy (non-hydrogen) atoms. The van der Waals surface area contributed by atoms with Crippen LogP contribution < -0.4 is 10.2 Å². The molecule has 0 aromatic heterocycles. The lowest BCUT2D eigenvalue weighted by atomic mass is 10.1. The van der Waals surface area contributed by atoms with Crippen LogP contribution in [0.5, 0.6) is 0 Å². The third kappa shape index (κ3) is 3.22. The Morgan fingerprint density at radius 2 is 1.96 bits per heavy atom. The Morgan fingerprint density at radius 1 is 1.17 bits per heavy atom. The first kappa shape index (κ1) is 15.6. The lowest BCUT2D eigenvalue weighted by molar-refractivity contribution is -0.119. The quantitative estimate of drug-likeness (QED) is 0.941. The number of nitrogens with zero attached hydrogens (tertiary/aromatic N) is 1. The number of hydrogen-bond donors (Lipinski definition) is 1. The first-order valence-electron chi connectivity index (χ1n) is 7.52. The average Bonchev–Trinajstić information content (AvgIpc) is 2.98. The third-order valence-electron chi connectivity index (χ3n) is 3.96. The van der Waals surface area contributed by atoms with E-state index in [1.54, 1.807) is 36.1 Å². The minimum atomic E-state index is -0.604.